The standard InChI is InChI=1S/C21H28N4O2/c1-2-3-12-27-21(26)22-16-7-8-19-18(14-16)20(24-23-19)15-9-11-25-10-5-4-6-17(25)13-15/h2-3,7-8,14-15,17H,4-6,9-13H2,1H3,(H,22,26)(H,23,24). The number of fused-ring (bicyclic) bond motifs is 2. The van der Waals surface area contributed by atoms with Gasteiger partial charge in [0.2, 0.25) is 0 Å². The lowest BCUT2D eigenvalue weighted by molar-refractivity contribution is 0.0968. The number of hydrogen-bond donors (Lipinski definition) is 2. The Kier molecular flexibility index (Phi) is 5.43. The molecule has 144 valence electrons. The van der Waals surface area contributed by atoms with Crippen LogP contribution in [-0.2, 0) is 4.74 Å². The van der Waals surface area contributed by atoms with E-state index in [1.165, 1.54) is 44.5 Å². The number of allylic oxidation sites excluding steroid dienone is 1. The average Bonchev–Trinajstić information content (AvgIpc) is 3.11. The van der Waals surface area contributed by atoms with Crippen LogP contribution in [0.25, 0.3) is 10.9 Å². The number of carbonyl (C=O) groups is 1. The van der Waals surface area contributed by atoms with Crippen LogP contribution in [0.4, 0.5) is 10.5 Å². The first-order valence-corrected chi connectivity index (χ1v) is 10.0. The quantitative estimate of drug-likeness (QED) is 0.784. The Hall–Kier alpha value is -2.34. The largest absolute Gasteiger partial charge is 0.445 e. The van der Waals surface area contributed by atoms with Crippen LogP contribution in [0.5, 0.6) is 0 Å². The van der Waals surface area contributed by atoms with Crippen molar-refractivity contribution < 1.29 is 9.53 Å². The third-order valence-electron chi connectivity index (χ3n) is 5.85. The number of hydrogen-bond acceptors (Lipinski definition) is 4. The molecule has 3 heterocycles. The third kappa shape index (κ3) is 4.00. The summed E-state index contributed by atoms with van der Waals surface area (Å²) in [5.74, 6) is 0.506. The molecule has 0 radical (unpaired) electrons. The molecule has 2 unspecified atom stereocenters. The molecular weight excluding hydrogens is 340 g/mol. The SMILES string of the molecule is CC=CCOC(=O)Nc1ccc2n[nH]c(C3CCN4CCCCC4C3)c2c1. The summed E-state index contributed by atoms with van der Waals surface area (Å²) in [5.41, 5.74) is 2.90. The van der Waals surface area contributed by atoms with E-state index in [1.807, 2.05) is 31.2 Å². The molecule has 2 aromatic rings. The number of aromatic nitrogens is 2. The van der Waals surface area contributed by atoms with Crippen LogP contribution in [0.1, 0.15) is 50.6 Å². The Bertz CT molecular complexity index is 829. The second-order valence-electron chi connectivity index (χ2n) is 7.57. The van der Waals surface area contributed by atoms with E-state index in [0.29, 0.717) is 12.0 Å². The van der Waals surface area contributed by atoms with Gasteiger partial charge in [-0.3, -0.25) is 10.4 Å². The third-order valence-corrected chi connectivity index (χ3v) is 5.85. The van der Waals surface area contributed by atoms with E-state index in [9.17, 15) is 4.79 Å². The van der Waals surface area contributed by atoms with Gasteiger partial charge < -0.3 is 9.64 Å². The Balaban J connectivity index is 1.49. The van der Waals surface area contributed by atoms with Crippen LogP contribution in [-0.4, -0.2) is 46.9 Å². The van der Waals surface area contributed by atoms with Gasteiger partial charge in [-0.1, -0.05) is 18.6 Å². The maximum atomic E-state index is 11.9. The first kappa shape index (κ1) is 18.0. The molecule has 2 atom stereocenters. The van der Waals surface area contributed by atoms with Crippen LogP contribution in [0.3, 0.4) is 0 Å². The summed E-state index contributed by atoms with van der Waals surface area (Å²) in [6, 6.07) is 6.54. The number of ether oxygens (including phenoxy) is 1. The number of nitrogens with one attached hydrogen (secondary N) is 2. The van der Waals surface area contributed by atoms with E-state index in [0.717, 1.165) is 23.0 Å². The highest BCUT2D eigenvalue weighted by molar-refractivity contribution is 5.91. The minimum absolute atomic E-state index is 0.279. The van der Waals surface area contributed by atoms with Crippen molar-refractivity contribution in [2.45, 2.75) is 51.0 Å². The fourth-order valence-corrected chi connectivity index (χ4v) is 4.44. The zero-order chi connectivity index (χ0) is 18.6. The molecule has 6 heteroatoms. The molecule has 2 aliphatic heterocycles. The molecule has 0 spiro atoms. The number of piperidine rings is 2. The fraction of sp³-hybridized carbons (Fsp3) is 0.524. The van der Waals surface area contributed by atoms with Gasteiger partial charge in [-0.05, 0) is 63.9 Å². The van der Waals surface area contributed by atoms with Crippen LogP contribution in [0.2, 0.25) is 0 Å². The van der Waals surface area contributed by atoms with Crippen molar-refractivity contribution in [3.8, 4) is 0 Å². The van der Waals surface area contributed by atoms with Crippen molar-refractivity contribution in [2.24, 2.45) is 0 Å². The Labute approximate surface area is 160 Å². The van der Waals surface area contributed by atoms with Crippen LogP contribution >= 0.6 is 0 Å². The predicted molar refractivity (Wildman–Crippen MR) is 107 cm³/mol. The number of benzene rings is 1. The smallest absolute Gasteiger partial charge is 0.411 e. The Morgan fingerprint density at radius 3 is 3.19 bits per heavy atom. The molecule has 2 aliphatic rings. The number of rotatable bonds is 4. The lowest BCUT2D eigenvalue weighted by atomic mass is 9.83. The topological polar surface area (TPSA) is 70.2 Å². The summed E-state index contributed by atoms with van der Waals surface area (Å²) in [6.07, 6.45) is 9.58. The minimum Gasteiger partial charge on any atom is -0.445 e. The number of amides is 1. The Morgan fingerprint density at radius 1 is 1.37 bits per heavy atom. The number of anilines is 1. The summed E-state index contributed by atoms with van der Waals surface area (Å²) >= 11 is 0. The molecule has 6 nitrogen and oxygen atoms in total. The maximum Gasteiger partial charge on any atom is 0.411 e. The molecule has 2 N–H and O–H groups in total. The van der Waals surface area contributed by atoms with Crippen molar-refractivity contribution in [3.05, 3.63) is 36.0 Å². The molecule has 0 bridgehead atoms. The lowest BCUT2D eigenvalue weighted by Crippen LogP contribution is -2.44. The van der Waals surface area contributed by atoms with E-state index in [1.54, 1.807) is 6.08 Å². The van der Waals surface area contributed by atoms with Crippen molar-refractivity contribution in [1.82, 2.24) is 15.1 Å². The van der Waals surface area contributed by atoms with Crippen LogP contribution in [0, 0.1) is 0 Å². The zero-order valence-electron chi connectivity index (χ0n) is 15.9. The predicted octanol–water partition coefficient (Wildman–Crippen LogP) is 4.42. The number of aromatic amines is 1. The lowest BCUT2D eigenvalue weighted by Gasteiger charge is -2.42. The van der Waals surface area contributed by atoms with E-state index in [2.05, 4.69) is 20.4 Å². The average molecular weight is 368 g/mol. The highest BCUT2D eigenvalue weighted by Crippen LogP contribution is 2.37. The summed E-state index contributed by atoms with van der Waals surface area (Å²) in [7, 11) is 0. The second kappa shape index (κ2) is 8.13. The number of nitrogens with zero attached hydrogens (tertiary/aromatic N) is 2. The zero-order valence-corrected chi connectivity index (χ0v) is 15.9. The summed E-state index contributed by atoms with van der Waals surface area (Å²) in [6.45, 7) is 4.60. The van der Waals surface area contributed by atoms with Crippen molar-refractivity contribution >= 4 is 22.7 Å². The van der Waals surface area contributed by atoms with Gasteiger partial charge in [0.05, 0.1) is 5.52 Å². The normalized spacial score (nSPS) is 23.4. The molecule has 4 rings (SSSR count). The Morgan fingerprint density at radius 2 is 2.30 bits per heavy atom. The first-order valence-electron chi connectivity index (χ1n) is 10.0. The minimum atomic E-state index is -0.437. The van der Waals surface area contributed by atoms with Crippen LogP contribution < -0.4 is 5.32 Å². The first-order chi connectivity index (χ1) is 13.2. The molecule has 1 aromatic carbocycles. The van der Waals surface area contributed by atoms with E-state index in [-0.39, 0.29) is 6.61 Å². The van der Waals surface area contributed by atoms with Gasteiger partial charge in [0.25, 0.3) is 0 Å². The molecule has 0 aliphatic carbocycles. The van der Waals surface area contributed by atoms with Gasteiger partial charge in [0.15, 0.2) is 0 Å². The fourth-order valence-electron chi connectivity index (χ4n) is 4.44. The number of H-pyrrole nitrogens is 1. The highest BCUT2D eigenvalue weighted by Gasteiger charge is 2.32. The maximum absolute atomic E-state index is 11.9. The second-order valence-corrected chi connectivity index (χ2v) is 7.57. The van der Waals surface area contributed by atoms with Crippen LogP contribution in [0.15, 0.2) is 30.4 Å². The summed E-state index contributed by atoms with van der Waals surface area (Å²) in [5, 5.41) is 11.7. The van der Waals surface area contributed by atoms with Gasteiger partial charge in [0, 0.05) is 28.7 Å². The van der Waals surface area contributed by atoms with Gasteiger partial charge in [-0.25, -0.2) is 4.79 Å². The summed E-state index contributed by atoms with van der Waals surface area (Å²) < 4.78 is 5.12. The molecule has 1 aromatic heterocycles. The molecule has 2 saturated heterocycles. The molecule has 2 fully saturated rings. The van der Waals surface area contributed by atoms with E-state index >= 15 is 0 Å². The summed E-state index contributed by atoms with van der Waals surface area (Å²) in [4.78, 5) is 14.6. The van der Waals surface area contributed by atoms with E-state index in [4.69, 9.17) is 4.74 Å². The molecule has 1 amide bonds. The van der Waals surface area contributed by atoms with Crippen molar-refractivity contribution in [1.29, 1.82) is 0 Å². The van der Waals surface area contributed by atoms with E-state index < -0.39 is 6.09 Å². The van der Waals surface area contributed by atoms with Gasteiger partial charge in [0.1, 0.15) is 6.61 Å². The van der Waals surface area contributed by atoms with Gasteiger partial charge in [-0.2, -0.15) is 5.10 Å². The monoisotopic (exact) mass is 368 g/mol. The van der Waals surface area contributed by atoms with Crippen molar-refractivity contribution in [2.75, 3.05) is 25.0 Å². The molecule has 27 heavy (non-hydrogen) atoms. The molecular formula is C21H28N4O2. The van der Waals surface area contributed by atoms with Crippen molar-refractivity contribution in [3.63, 3.8) is 0 Å². The van der Waals surface area contributed by atoms with Gasteiger partial charge >= 0.3 is 6.09 Å². The van der Waals surface area contributed by atoms with Gasteiger partial charge in [-0.15, -0.1) is 0 Å². The molecule has 0 saturated carbocycles. The number of carbonyl (C=O) groups excluding carboxylic acids is 1. The highest BCUT2D eigenvalue weighted by atomic mass is 16.5.